The molecule has 0 aliphatic heterocycles. The molecule has 0 radical (unpaired) electrons. The maximum Gasteiger partial charge on any atom is 0.233 e. The Morgan fingerprint density at radius 2 is 1.78 bits per heavy atom. The molecule has 0 fully saturated rings. The van der Waals surface area contributed by atoms with E-state index >= 15 is 0 Å². The molecule has 0 unspecified atom stereocenters. The Morgan fingerprint density at radius 1 is 1.17 bits per heavy atom. The molecule has 0 saturated carbocycles. The molecule has 2 N–H and O–H groups in total. The van der Waals surface area contributed by atoms with Gasteiger partial charge in [0, 0.05) is 6.54 Å². The van der Waals surface area contributed by atoms with Gasteiger partial charge in [0.2, 0.25) is 5.91 Å². The summed E-state index contributed by atoms with van der Waals surface area (Å²) in [6, 6.07) is 0. The van der Waals surface area contributed by atoms with Crippen LogP contribution in [0.2, 0.25) is 0 Å². The first-order valence-corrected chi connectivity index (χ1v) is 6.57. The number of rotatable bonds is 10. The summed E-state index contributed by atoms with van der Waals surface area (Å²) in [5.74, 6) is 0.0409. The molecule has 0 spiro atoms. The number of hydrogen-bond donors (Lipinski definition) is 2. The summed E-state index contributed by atoms with van der Waals surface area (Å²) in [4.78, 5) is 11.2. The van der Waals surface area contributed by atoms with E-state index in [2.05, 4.69) is 30.7 Å². The minimum Gasteiger partial charge on any atom is -0.355 e. The molecule has 0 aromatic heterocycles. The van der Waals surface area contributed by atoms with E-state index in [1.807, 2.05) is 12.2 Å². The molecule has 3 nitrogen and oxygen atoms in total. The Kier molecular flexibility index (Phi) is 9.97. The zero-order chi connectivity index (χ0) is 13.8. The molecule has 0 aromatic rings. The van der Waals surface area contributed by atoms with Gasteiger partial charge in [-0.1, -0.05) is 38.7 Å². The van der Waals surface area contributed by atoms with Crippen molar-refractivity contribution in [3.63, 3.8) is 0 Å². The average molecular weight is 250 g/mol. The summed E-state index contributed by atoms with van der Waals surface area (Å²) in [6.07, 6.45) is 7.83. The molecule has 0 aliphatic carbocycles. The molecule has 0 rings (SSSR count). The van der Waals surface area contributed by atoms with Gasteiger partial charge in [-0.2, -0.15) is 0 Å². The van der Waals surface area contributed by atoms with Crippen molar-refractivity contribution in [2.24, 2.45) is 0 Å². The van der Waals surface area contributed by atoms with Crippen molar-refractivity contribution < 1.29 is 4.79 Å². The number of amides is 1. The van der Waals surface area contributed by atoms with Crippen LogP contribution in [0, 0.1) is 0 Å². The summed E-state index contributed by atoms with van der Waals surface area (Å²) >= 11 is 0. The van der Waals surface area contributed by atoms with Gasteiger partial charge in [-0.15, -0.1) is 0 Å². The Hall–Kier alpha value is -1.35. The largest absolute Gasteiger partial charge is 0.355 e. The summed E-state index contributed by atoms with van der Waals surface area (Å²) in [7, 11) is 1.76. The Labute approximate surface area is 111 Å². The van der Waals surface area contributed by atoms with Crippen LogP contribution >= 0.6 is 0 Å². The minimum atomic E-state index is 0.0409. The second-order valence-corrected chi connectivity index (χ2v) is 4.19. The molecule has 0 saturated heterocycles. The molecule has 0 aromatic carbocycles. The van der Waals surface area contributed by atoms with Crippen LogP contribution in [-0.2, 0) is 4.79 Å². The van der Waals surface area contributed by atoms with Crippen LogP contribution < -0.4 is 10.6 Å². The van der Waals surface area contributed by atoms with Crippen molar-refractivity contribution in [3.05, 3.63) is 36.5 Å². The van der Waals surface area contributed by atoms with Gasteiger partial charge in [-0.3, -0.25) is 4.79 Å². The van der Waals surface area contributed by atoms with Crippen LogP contribution in [0.1, 0.15) is 32.6 Å². The lowest BCUT2D eigenvalue weighted by Gasteiger charge is -2.09. The summed E-state index contributed by atoms with van der Waals surface area (Å²) in [5, 5.41) is 5.69. The summed E-state index contributed by atoms with van der Waals surface area (Å²) < 4.78 is 0. The number of carbonyl (C=O) groups is 1. The zero-order valence-corrected chi connectivity index (χ0v) is 11.7. The lowest BCUT2D eigenvalue weighted by Crippen LogP contribution is -2.32. The van der Waals surface area contributed by atoms with Crippen LogP contribution in [0.4, 0.5) is 0 Å². The first-order valence-electron chi connectivity index (χ1n) is 6.57. The second kappa shape index (κ2) is 10.8. The van der Waals surface area contributed by atoms with Crippen molar-refractivity contribution in [2.45, 2.75) is 32.6 Å². The van der Waals surface area contributed by atoms with Crippen LogP contribution in [0.3, 0.4) is 0 Å². The minimum absolute atomic E-state index is 0.0409. The predicted octanol–water partition coefficient (Wildman–Crippen LogP) is 2.57. The highest BCUT2D eigenvalue weighted by molar-refractivity contribution is 5.77. The normalized spacial score (nSPS) is 11.7. The molecule has 102 valence electrons. The van der Waals surface area contributed by atoms with E-state index in [9.17, 15) is 4.79 Å². The number of nitrogens with one attached hydrogen (secondary N) is 2. The van der Waals surface area contributed by atoms with Gasteiger partial charge < -0.3 is 10.6 Å². The Balaban J connectivity index is 4.11. The second-order valence-electron chi connectivity index (χ2n) is 4.19. The maximum atomic E-state index is 11.2. The lowest BCUT2D eigenvalue weighted by molar-refractivity contribution is -0.120. The molecule has 18 heavy (non-hydrogen) atoms. The fraction of sp³-hybridized carbons (Fsp3) is 0.533. The molecule has 0 bridgehead atoms. The summed E-state index contributed by atoms with van der Waals surface area (Å²) in [5.41, 5.74) is 2.52. The number of allylic oxidation sites excluding steroid dienone is 4. The highest BCUT2D eigenvalue weighted by Crippen LogP contribution is 2.17. The number of likely N-dealkylation sites (N-methyl/N-ethyl adjacent to an activating group) is 1. The van der Waals surface area contributed by atoms with E-state index in [0.29, 0.717) is 13.1 Å². The zero-order valence-electron chi connectivity index (χ0n) is 11.7. The fourth-order valence-electron chi connectivity index (χ4n) is 1.79. The SMILES string of the molecule is C=C/C(CCC)=C(\C=C)CCCNC(=O)CNC. The summed E-state index contributed by atoms with van der Waals surface area (Å²) in [6.45, 7) is 10.9. The molecule has 0 heterocycles. The molecule has 3 heteroatoms. The van der Waals surface area contributed by atoms with Crippen molar-refractivity contribution in [1.29, 1.82) is 0 Å². The average Bonchev–Trinajstić information content (AvgIpc) is 2.37. The van der Waals surface area contributed by atoms with E-state index < -0.39 is 0 Å². The van der Waals surface area contributed by atoms with Crippen molar-refractivity contribution >= 4 is 5.91 Å². The molecule has 0 aliphatic rings. The smallest absolute Gasteiger partial charge is 0.233 e. The van der Waals surface area contributed by atoms with Gasteiger partial charge in [0.05, 0.1) is 6.54 Å². The van der Waals surface area contributed by atoms with E-state index in [-0.39, 0.29) is 5.91 Å². The quantitative estimate of drug-likeness (QED) is 0.462. The first-order chi connectivity index (χ1) is 8.69. The van der Waals surface area contributed by atoms with Gasteiger partial charge in [0.15, 0.2) is 0 Å². The van der Waals surface area contributed by atoms with E-state index in [4.69, 9.17) is 0 Å². The van der Waals surface area contributed by atoms with E-state index in [1.54, 1.807) is 7.05 Å². The Bertz CT molecular complexity index is 306. The molecule has 1 amide bonds. The highest BCUT2D eigenvalue weighted by atomic mass is 16.1. The highest BCUT2D eigenvalue weighted by Gasteiger charge is 2.02. The van der Waals surface area contributed by atoms with Crippen LogP contribution in [0.15, 0.2) is 36.5 Å². The standard InChI is InChI=1S/C15H26N2O/c1-5-9-13(6-2)14(7-3)10-8-11-17-15(18)12-16-4/h6-7,16H,2-3,5,8-12H2,1,4H3,(H,17,18)/b14-13-. The van der Waals surface area contributed by atoms with E-state index in [1.165, 1.54) is 11.1 Å². The molecular weight excluding hydrogens is 224 g/mol. The number of hydrogen-bond acceptors (Lipinski definition) is 2. The Morgan fingerprint density at radius 3 is 2.28 bits per heavy atom. The lowest BCUT2D eigenvalue weighted by atomic mass is 9.99. The van der Waals surface area contributed by atoms with Gasteiger partial charge in [0.1, 0.15) is 0 Å². The first kappa shape index (κ1) is 16.6. The molecule has 0 atom stereocenters. The van der Waals surface area contributed by atoms with Gasteiger partial charge in [-0.05, 0) is 37.5 Å². The van der Waals surface area contributed by atoms with Crippen LogP contribution in [0.25, 0.3) is 0 Å². The van der Waals surface area contributed by atoms with Crippen LogP contribution in [-0.4, -0.2) is 26.0 Å². The van der Waals surface area contributed by atoms with Gasteiger partial charge >= 0.3 is 0 Å². The maximum absolute atomic E-state index is 11.2. The van der Waals surface area contributed by atoms with E-state index in [0.717, 1.165) is 25.7 Å². The van der Waals surface area contributed by atoms with Crippen molar-refractivity contribution in [2.75, 3.05) is 20.1 Å². The topological polar surface area (TPSA) is 41.1 Å². The third kappa shape index (κ3) is 7.07. The third-order valence-electron chi connectivity index (χ3n) is 2.71. The van der Waals surface area contributed by atoms with Crippen molar-refractivity contribution in [1.82, 2.24) is 10.6 Å². The van der Waals surface area contributed by atoms with Crippen molar-refractivity contribution in [3.8, 4) is 0 Å². The van der Waals surface area contributed by atoms with Gasteiger partial charge in [0.25, 0.3) is 0 Å². The number of carbonyl (C=O) groups excluding carboxylic acids is 1. The monoisotopic (exact) mass is 250 g/mol. The van der Waals surface area contributed by atoms with Gasteiger partial charge in [-0.25, -0.2) is 0 Å². The molecular formula is C15H26N2O. The fourth-order valence-corrected chi connectivity index (χ4v) is 1.79. The predicted molar refractivity (Wildman–Crippen MR) is 78.5 cm³/mol. The third-order valence-corrected chi connectivity index (χ3v) is 2.71. The van der Waals surface area contributed by atoms with Crippen LogP contribution in [0.5, 0.6) is 0 Å².